The van der Waals surface area contributed by atoms with Crippen molar-refractivity contribution in [2.75, 3.05) is 7.11 Å². The number of hydrogen-bond donors (Lipinski definition) is 0. The molecule has 0 aromatic heterocycles. The molecule has 3 unspecified atom stereocenters. The fraction of sp³-hybridized carbons (Fsp3) is 0.371. The second kappa shape index (κ2) is 20.0. The normalized spacial score (nSPS) is 19.9. The van der Waals surface area contributed by atoms with Crippen molar-refractivity contribution in [2.45, 2.75) is 77.1 Å². The second-order valence-corrected chi connectivity index (χ2v) is 11.7. The van der Waals surface area contributed by atoms with Gasteiger partial charge in [-0.25, -0.2) is 0 Å². The molecule has 0 N–H and O–H groups in total. The van der Waals surface area contributed by atoms with Crippen molar-refractivity contribution >= 4 is 10.9 Å². The number of ether oxygens (including phenoxy) is 1. The van der Waals surface area contributed by atoms with Gasteiger partial charge in [0.15, 0.2) is 16.3 Å². The van der Waals surface area contributed by atoms with Gasteiger partial charge in [0.1, 0.15) is 5.25 Å². The van der Waals surface area contributed by atoms with Crippen molar-refractivity contribution in [2.24, 2.45) is 0 Å². The van der Waals surface area contributed by atoms with E-state index in [9.17, 15) is 0 Å². The van der Waals surface area contributed by atoms with Gasteiger partial charge in [-0.05, 0) is 87.3 Å². The van der Waals surface area contributed by atoms with Crippen LogP contribution in [0.15, 0.2) is 120 Å². The van der Waals surface area contributed by atoms with Crippen LogP contribution in [-0.4, -0.2) is 22.9 Å². The van der Waals surface area contributed by atoms with E-state index in [-0.39, 0.29) is 16.1 Å². The largest absolute Gasteiger partial charge is 0.489 e. The van der Waals surface area contributed by atoms with Crippen LogP contribution in [0.3, 0.4) is 0 Å². The fourth-order valence-electron chi connectivity index (χ4n) is 3.56. The molecule has 3 atom stereocenters. The van der Waals surface area contributed by atoms with Crippen molar-refractivity contribution in [1.82, 2.24) is 0 Å². The van der Waals surface area contributed by atoms with Gasteiger partial charge in [0.05, 0.1) is 7.11 Å². The minimum Gasteiger partial charge on any atom is -0.489 e. The Kier molecular flexibility index (Phi) is 18.4. The van der Waals surface area contributed by atoms with E-state index in [2.05, 4.69) is 108 Å². The SMILES string of the molecule is C#C/C=C\CC.C=C=CC1=C=C(OC)/C=C\C([S+](C(C)C)C2C=CC=CC=C2C)C=C1C(=C)C.CCC. The molecule has 2 heteroatoms. The first-order valence-corrected chi connectivity index (χ1v) is 14.4. The van der Waals surface area contributed by atoms with Gasteiger partial charge in [-0.15, -0.1) is 12.2 Å². The van der Waals surface area contributed by atoms with Gasteiger partial charge >= 0.3 is 0 Å². The second-order valence-electron chi connectivity index (χ2n) is 8.88. The zero-order chi connectivity index (χ0) is 28.2. The smallest absolute Gasteiger partial charge is 0.162 e. The van der Waals surface area contributed by atoms with E-state index < -0.39 is 0 Å². The highest BCUT2D eigenvalue weighted by molar-refractivity contribution is 7.99. The van der Waals surface area contributed by atoms with E-state index in [1.54, 1.807) is 13.2 Å². The summed E-state index contributed by atoms with van der Waals surface area (Å²) < 4.78 is 5.55. The lowest BCUT2D eigenvalue weighted by Crippen LogP contribution is -2.36. The van der Waals surface area contributed by atoms with Gasteiger partial charge in [0.2, 0.25) is 0 Å². The first-order valence-electron chi connectivity index (χ1n) is 13.0. The molecule has 37 heavy (non-hydrogen) atoms. The third-order valence-electron chi connectivity index (χ3n) is 5.16. The maximum absolute atomic E-state index is 5.55. The van der Waals surface area contributed by atoms with Crippen LogP contribution in [-0.2, 0) is 15.6 Å². The maximum Gasteiger partial charge on any atom is 0.162 e. The standard InChI is InChI=1S/C26H31OS.C6H8.C3H8/c1-8-12-22-17-23(27-7)15-16-24(18-25(22)19(2)3)28(20(4)5)26-14-11-9-10-13-21(26)6;1-3-5-6-4-2;1-3-2/h9-16,18,20,24,26H,1-2H2,3-7H3;1,5-6H,4H2,2H3;3H2,1-2H3/q+1;;/b16-15-,25-18?;6-5-;. The van der Waals surface area contributed by atoms with Gasteiger partial charge < -0.3 is 4.74 Å². The molecule has 0 fully saturated rings. The van der Waals surface area contributed by atoms with E-state index in [0.29, 0.717) is 16.3 Å². The predicted octanol–water partition coefficient (Wildman–Crippen LogP) is 9.29. The maximum atomic E-state index is 5.55. The van der Waals surface area contributed by atoms with Crippen LogP contribution in [0.25, 0.3) is 0 Å². The Balaban J connectivity index is 0.00000124. The molecular formula is C35H47OS+. The van der Waals surface area contributed by atoms with Crippen molar-refractivity contribution in [3.63, 3.8) is 0 Å². The molecule has 2 aliphatic carbocycles. The summed E-state index contributed by atoms with van der Waals surface area (Å²) in [6.07, 6.45) is 30.3. The molecule has 2 rings (SSSR count). The Bertz CT molecular complexity index is 1060. The molecule has 0 aliphatic heterocycles. The molecule has 0 radical (unpaired) electrons. The molecule has 1 nitrogen and oxygen atoms in total. The van der Waals surface area contributed by atoms with E-state index in [0.717, 1.165) is 23.1 Å². The summed E-state index contributed by atoms with van der Waals surface area (Å²) in [6, 6.07) is 0. The van der Waals surface area contributed by atoms with E-state index in [1.165, 1.54) is 12.0 Å². The molecule has 0 saturated carbocycles. The minimum absolute atomic E-state index is 0.0585. The van der Waals surface area contributed by atoms with Crippen LogP contribution in [0, 0.1) is 12.3 Å². The first-order chi connectivity index (χ1) is 17.7. The lowest BCUT2D eigenvalue weighted by atomic mass is 9.98. The first kappa shape index (κ1) is 33.9. The van der Waals surface area contributed by atoms with E-state index in [4.69, 9.17) is 11.2 Å². The summed E-state index contributed by atoms with van der Waals surface area (Å²) in [4.78, 5) is 0. The fourth-order valence-corrected chi connectivity index (χ4v) is 6.45. The quantitative estimate of drug-likeness (QED) is 0.186. The van der Waals surface area contributed by atoms with Gasteiger partial charge in [-0.1, -0.05) is 82.4 Å². The third-order valence-corrected chi connectivity index (χ3v) is 8.29. The van der Waals surface area contributed by atoms with E-state index in [1.807, 2.05) is 32.1 Å². The molecule has 0 amide bonds. The molecule has 2 aliphatic rings. The summed E-state index contributed by atoms with van der Waals surface area (Å²) in [5.74, 6) is 3.09. The lowest BCUT2D eigenvalue weighted by Gasteiger charge is -2.25. The highest BCUT2D eigenvalue weighted by atomic mass is 32.2. The third kappa shape index (κ3) is 12.6. The van der Waals surface area contributed by atoms with Crippen molar-refractivity contribution in [3.05, 3.63) is 120 Å². The van der Waals surface area contributed by atoms with Gasteiger partial charge in [0, 0.05) is 16.5 Å². The molecular weight excluding hydrogens is 468 g/mol. The molecule has 0 aromatic carbocycles. The van der Waals surface area contributed by atoms with Crippen LogP contribution in [0.1, 0.15) is 61.3 Å². The van der Waals surface area contributed by atoms with Gasteiger partial charge in [-0.3, -0.25) is 0 Å². The van der Waals surface area contributed by atoms with Crippen LogP contribution in [0.4, 0.5) is 0 Å². The van der Waals surface area contributed by atoms with Crippen molar-refractivity contribution in [1.29, 1.82) is 0 Å². The Morgan fingerprint density at radius 2 is 1.89 bits per heavy atom. The summed E-state index contributed by atoms with van der Waals surface area (Å²) >= 11 is 0. The number of rotatable bonds is 7. The zero-order valence-corrected chi connectivity index (χ0v) is 25.1. The summed E-state index contributed by atoms with van der Waals surface area (Å²) in [5.41, 5.74) is 10.6. The topological polar surface area (TPSA) is 9.23 Å². The Morgan fingerprint density at radius 1 is 1.22 bits per heavy atom. The highest BCUT2D eigenvalue weighted by Gasteiger charge is 2.39. The summed E-state index contributed by atoms with van der Waals surface area (Å²) in [7, 11) is 1.74. The number of terminal acetylenes is 1. The molecule has 0 bridgehead atoms. The predicted molar refractivity (Wildman–Crippen MR) is 170 cm³/mol. The van der Waals surface area contributed by atoms with Crippen molar-refractivity contribution < 1.29 is 4.74 Å². The van der Waals surface area contributed by atoms with Crippen LogP contribution in [0.5, 0.6) is 0 Å². The zero-order valence-electron chi connectivity index (χ0n) is 24.3. The Hall–Kier alpha value is -3.07. The van der Waals surface area contributed by atoms with E-state index >= 15 is 0 Å². The number of methoxy groups -OCH3 is 1. The molecule has 0 spiro atoms. The van der Waals surface area contributed by atoms with Crippen LogP contribution >= 0.6 is 0 Å². The monoisotopic (exact) mass is 515 g/mol. The average Bonchev–Trinajstić information content (AvgIpc) is 3.06. The van der Waals surface area contributed by atoms with Gasteiger partial charge in [-0.2, -0.15) is 0 Å². The molecule has 198 valence electrons. The summed E-state index contributed by atoms with van der Waals surface area (Å²) in [6.45, 7) is 23.2. The highest BCUT2D eigenvalue weighted by Crippen LogP contribution is 2.32. The van der Waals surface area contributed by atoms with Crippen molar-refractivity contribution in [3.8, 4) is 12.3 Å². The summed E-state index contributed by atoms with van der Waals surface area (Å²) in [5, 5.41) is 1.16. The molecule has 0 heterocycles. The van der Waals surface area contributed by atoms with Gasteiger partial charge in [0.25, 0.3) is 0 Å². The average molecular weight is 516 g/mol. The minimum atomic E-state index is 0.0585. The number of allylic oxidation sites excluding steroid dienone is 10. The van der Waals surface area contributed by atoms with Crippen LogP contribution in [0.2, 0.25) is 0 Å². The number of hydrogen-bond acceptors (Lipinski definition) is 1. The molecule has 0 saturated heterocycles. The Labute approximate surface area is 231 Å². The van der Waals surface area contributed by atoms with Crippen LogP contribution < -0.4 is 0 Å². The Morgan fingerprint density at radius 3 is 2.38 bits per heavy atom. The lowest BCUT2D eigenvalue weighted by molar-refractivity contribution is 0.307. The molecule has 0 aromatic rings.